The van der Waals surface area contributed by atoms with Gasteiger partial charge in [0.2, 0.25) is 0 Å². The summed E-state index contributed by atoms with van der Waals surface area (Å²) in [7, 11) is 0. The van der Waals surface area contributed by atoms with E-state index in [0.29, 0.717) is 19.6 Å². The second-order valence-electron chi connectivity index (χ2n) is 4.27. The van der Waals surface area contributed by atoms with Crippen LogP contribution in [0.25, 0.3) is 0 Å². The van der Waals surface area contributed by atoms with Crippen molar-refractivity contribution in [2.75, 3.05) is 32.8 Å². The summed E-state index contributed by atoms with van der Waals surface area (Å²) in [5.41, 5.74) is -0.884. The number of hydrogen-bond acceptors (Lipinski definition) is 3. The van der Waals surface area contributed by atoms with Crippen LogP contribution in [0, 0.1) is 0 Å². The van der Waals surface area contributed by atoms with E-state index in [-0.39, 0.29) is 12.5 Å². The highest BCUT2D eigenvalue weighted by Gasteiger charge is 2.46. The summed E-state index contributed by atoms with van der Waals surface area (Å²) in [4.78, 5) is 13.3. The monoisotopic (exact) mass is 234 g/mol. The normalized spacial score (nSPS) is 31.4. The highest BCUT2D eigenvalue weighted by Crippen LogP contribution is 2.27. The van der Waals surface area contributed by atoms with Gasteiger partial charge in [0.1, 0.15) is 0 Å². The summed E-state index contributed by atoms with van der Waals surface area (Å²) < 4.78 is 30.1. The third kappa shape index (κ3) is 2.17. The first-order valence-electron chi connectivity index (χ1n) is 5.56. The summed E-state index contributed by atoms with van der Waals surface area (Å²) in [6, 6.07) is 0. The van der Waals surface area contributed by atoms with Crippen LogP contribution in [-0.2, 0) is 9.53 Å². The Balaban J connectivity index is 2.06. The van der Waals surface area contributed by atoms with Crippen molar-refractivity contribution < 1.29 is 18.3 Å². The number of amides is 1. The molecule has 6 heteroatoms. The molecule has 1 N–H and O–H groups in total. The molecule has 4 nitrogen and oxygen atoms in total. The fraction of sp³-hybridized carbons (Fsp3) is 0.900. The lowest BCUT2D eigenvalue weighted by molar-refractivity contribution is -0.177. The number of morpholine rings is 1. The molecule has 2 saturated heterocycles. The van der Waals surface area contributed by atoms with Crippen LogP contribution in [0.4, 0.5) is 8.78 Å². The van der Waals surface area contributed by atoms with Crippen LogP contribution in [0.3, 0.4) is 0 Å². The first kappa shape index (κ1) is 11.7. The summed E-state index contributed by atoms with van der Waals surface area (Å²) >= 11 is 0. The zero-order valence-electron chi connectivity index (χ0n) is 9.05. The van der Waals surface area contributed by atoms with Crippen LogP contribution in [0.1, 0.15) is 12.8 Å². The Labute approximate surface area is 92.9 Å². The number of hydrogen-bond donors (Lipinski definition) is 1. The molecule has 0 radical (unpaired) electrons. The van der Waals surface area contributed by atoms with Crippen LogP contribution in [0.5, 0.6) is 0 Å². The summed E-state index contributed by atoms with van der Waals surface area (Å²) in [6.07, 6.45) is -1.01. The van der Waals surface area contributed by atoms with Gasteiger partial charge in [0.05, 0.1) is 13.2 Å². The van der Waals surface area contributed by atoms with Gasteiger partial charge in [-0.3, -0.25) is 4.79 Å². The molecule has 92 valence electrons. The number of rotatable bonds is 2. The molecule has 16 heavy (non-hydrogen) atoms. The molecule has 1 atom stereocenters. The number of nitrogens with one attached hydrogen (secondary N) is 1. The molecule has 0 bridgehead atoms. The van der Waals surface area contributed by atoms with Crippen LogP contribution in [-0.4, -0.2) is 55.6 Å². The fourth-order valence-corrected chi connectivity index (χ4v) is 2.33. The second-order valence-corrected chi connectivity index (χ2v) is 4.27. The van der Waals surface area contributed by atoms with Gasteiger partial charge in [-0.2, -0.15) is 0 Å². The molecule has 1 amide bonds. The lowest BCUT2D eigenvalue weighted by Gasteiger charge is -2.43. The van der Waals surface area contributed by atoms with E-state index in [0.717, 1.165) is 13.0 Å². The maximum Gasteiger partial charge on any atom is 0.256 e. The van der Waals surface area contributed by atoms with Crippen molar-refractivity contribution in [1.82, 2.24) is 10.2 Å². The third-order valence-corrected chi connectivity index (χ3v) is 3.12. The Bertz CT molecular complexity index is 262. The number of piperidine rings is 1. The number of carbonyl (C=O) groups is 1. The van der Waals surface area contributed by atoms with E-state index in [1.54, 1.807) is 0 Å². The number of nitrogens with zero attached hydrogens (tertiary/aromatic N) is 1. The molecule has 0 unspecified atom stereocenters. The minimum Gasteiger partial charge on any atom is -0.362 e. The number of halogens is 2. The van der Waals surface area contributed by atoms with Crippen molar-refractivity contribution >= 4 is 5.91 Å². The zero-order valence-corrected chi connectivity index (χ0v) is 9.05. The SMILES string of the molecule is O=C1N(CC(F)F)CCO[C@]12CCCNC2. The standard InChI is InChI=1S/C10H16F2N2O2/c11-8(12)6-14-4-5-16-10(9(14)15)2-1-3-13-7-10/h8,13H,1-7H2/t10-/m0/s1. The maximum atomic E-state index is 12.3. The smallest absolute Gasteiger partial charge is 0.256 e. The molecule has 1 spiro atoms. The minimum atomic E-state index is -2.48. The van der Waals surface area contributed by atoms with Gasteiger partial charge < -0.3 is 15.0 Å². The first-order valence-corrected chi connectivity index (χ1v) is 5.56. The van der Waals surface area contributed by atoms with Crippen LogP contribution in [0.2, 0.25) is 0 Å². The zero-order chi connectivity index (χ0) is 11.6. The van der Waals surface area contributed by atoms with Gasteiger partial charge in [-0.05, 0) is 19.4 Å². The van der Waals surface area contributed by atoms with Gasteiger partial charge in [0.25, 0.3) is 12.3 Å². The second kappa shape index (κ2) is 4.63. The summed E-state index contributed by atoms with van der Waals surface area (Å²) in [5, 5.41) is 3.09. The molecular weight excluding hydrogens is 218 g/mol. The van der Waals surface area contributed by atoms with Crippen molar-refractivity contribution in [3.8, 4) is 0 Å². The first-order chi connectivity index (χ1) is 7.64. The predicted molar refractivity (Wildman–Crippen MR) is 53.4 cm³/mol. The molecule has 0 aliphatic carbocycles. The van der Waals surface area contributed by atoms with Gasteiger partial charge in [-0.1, -0.05) is 0 Å². The maximum absolute atomic E-state index is 12.3. The Morgan fingerprint density at radius 3 is 3.00 bits per heavy atom. The average Bonchev–Trinajstić information content (AvgIpc) is 2.26. The highest BCUT2D eigenvalue weighted by molar-refractivity contribution is 5.86. The Kier molecular flexibility index (Phi) is 3.39. The quantitative estimate of drug-likeness (QED) is 0.743. The van der Waals surface area contributed by atoms with Gasteiger partial charge in [-0.15, -0.1) is 0 Å². The fourth-order valence-electron chi connectivity index (χ4n) is 2.33. The van der Waals surface area contributed by atoms with E-state index in [9.17, 15) is 13.6 Å². The van der Waals surface area contributed by atoms with Crippen molar-refractivity contribution in [1.29, 1.82) is 0 Å². The predicted octanol–water partition coefficient (Wildman–Crippen LogP) is 0.232. The molecular formula is C10H16F2N2O2. The molecule has 0 aromatic carbocycles. The van der Waals surface area contributed by atoms with Gasteiger partial charge in [0, 0.05) is 13.1 Å². The molecule has 0 saturated carbocycles. The van der Waals surface area contributed by atoms with E-state index in [1.165, 1.54) is 4.90 Å². The minimum absolute atomic E-state index is 0.269. The Morgan fingerprint density at radius 2 is 2.38 bits per heavy atom. The molecule has 2 fully saturated rings. The van der Waals surface area contributed by atoms with Crippen molar-refractivity contribution in [2.45, 2.75) is 24.9 Å². The molecule has 2 rings (SSSR count). The summed E-state index contributed by atoms with van der Waals surface area (Å²) in [5.74, 6) is -0.286. The number of ether oxygens (including phenoxy) is 1. The molecule has 0 aromatic rings. The van der Waals surface area contributed by atoms with Crippen molar-refractivity contribution in [3.63, 3.8) is 0 Å². The molecule has 2 aliphatic heterocycles. The van der Waals surface area contributed by atoms with E-state index in [4.69, 9.17) is 4.74 Å². The molecule has 0 aromatic heterocycles. The molecule has 2 aliphatic rings. The largest absolute Gasteiger partial charge is 0.362 e. The van der Waals surface area contributed by atoms with Gasteiger partial charge in [-0.25, -0.2) is 8.78 Å². The Morgan fingerprint density at radius 1 is 1.56 bits per heavy atom. The van der Waals surface area contributed by atoms with Crippen molar-refractivity contribution in [3.05, 3.63) is 0 Å². The third-order valence-electron chi connectivity index (χ3n) is 3.12. The van der Waals surface area contributed by atoms with Crippen molar-refractivity contribution in [2.24, 2.45) is 0 Å². The number of alkyl halides is 2. The topological polar surface area (TPSA) is 41.6 Å². The van der Waals surface area contributed by atoms with Crippen LogP contribution >= 0.6 is 0 Å². The van der Waals surface area contributed by atoms with E-state index >= 15 is 0 Å². The van der Waals surface area contributed by atoms with Gasteiger partial charge in [0.15, 0.2) is 5.60 Å². The van der Waals surface area contributed by atoms with Crippen LogP contribution in [0.15, 0.2) is 0 Å². The van der Waals surface area contributed by atoms with E-state index < -0.39 is 18.6 Å². The lowest BCUT2D eigenvalue weighted by atomic mass is 9.91. The lowest BCUT2D eigenvalue weighted by Crippen LogP contribution is -2.63. The van der Waals surface area contributed by atoms with E-state index in [2.05, 4.69) is 5.32 Å². The number of carbonyl (C=O) groups excluding carboxylic acids is 1. The average molecular weight is 234 g/mol. The van der Waals surface area contributed by atoms with E-state index in [1.807, 2.05) is 0 Å². The van der Waals surface area contributed by atoms with Crippen LogP contribution < -0.4 is 5.32 Å². The molecule has 2 heterocycles. The highest BCUT2D eigenvalue weighted by atomic mass is 19.3. The summed E-state index contributed by atoms with van der Waals surface area (Å²) in [6.45, 7) is 1.42. The Hall–Kier alpha value is -0.750. The van der Waals surface area contributed by atoms with Gasteiger partial charge >= 0.3 is 0 Å².